The smallest absolute Gasteiger partial charge is 0.0871 e. The number of aliphatic hydroxyl groups is 2. The highest BCUT2D eigenvalue weighted by molar-refractivity contribution is 9.11. The van der Waals surface area contributed by atoms with Crippen LogP contribution in [-0.2, 0) is 9.47 Å². The molecule has 6 heteroatoms. The lowest BCUT2D eigenvalue weighted by Gasteiger charge is -2.34. The lowest BCUT2D eigenvalue weighted by molar-refractivity contribution is -0.122. The number of hydrogen-bond acceptors (Lipinski definition) is 4. The Bertz CT molecular complexity index is 397. The third-order valence-electron chi connectivity index (χ3n) is 4.11. The van der Waals surface area contributed by atoms with Gasteiger partial charge in [-0.3, -0.25) is 0 Å². The van der Waals surface area contributed by atoms with Gasteiger partial charge in [-0.2, -0.15) is 0 Å². The van der Waals surface area contributed by atoms with Crippen LogP contribution >= 0.6 is 31.9 Å². The van der Waals surface area contributed by atoms with E-state index in [1.165, 1.54) is 0 Å². The Hall–Kier alpha value is 0.320. The highest BCUT2D eigenvalue weighted by Gasteiger charge is 2.42. The third-order valence-corrected chi connectivity index (χ3v) is 5.61. The van der Waals surface area contributed by atoms with Crippen LogP contribution in [0.15, 0.2) is 16.8 Å². The predicted molar refractivity (Wildman–Crippen MR) is 87.8 cm³/mol. The molecule has 0 aromatic heterocycles. The maximum Gasteiger partial charge on any atom is 0.0871 e. The summed E-state index contributed by atoms with van der Waals surface area (Å²) < 4.78 is 12.1. The van der Waals surface area contributed by atoms with Crippen LogP contribution in [-0.4, -0.2) is 51.7 Å². The van der Waals surface area contributed by atoms with Gasteiger partial charge in [0, 0.05) is 29.1 Å². The van der Waals surface area contributed by atoms with Gasteiger partial charge in [0.2, 0.25) is 0 Å². The van der Waals surface area contributed by atoms with E-state index in [9.17, 15) is 10.2 Å². The summed E-state index contributed by atoms with van der Waals surface area (Å²) in [5.41, 5.74) is 2.96. The van der Waals surface area contributed by atoms with Crippen LogP contribution in [0.1, 0.15) is 32.6 Å². The van der Waals surface area contributed by atoms with E-state index in [1.807, 2.05) is 6.08 Å². The number of alkyl halides is 1. The second-order valence-electron chi connectivity index (χ2n) is 5.63. The van der Waals surface area contributed by atoms with E-state index in [2.05, 4.69) is 44.5 Å². The Labute approximate surface area is 142 Å². The Morgan fingerprint density at radius 3 is 2.52 bits per heavy atom. The maximum atomic E-state index is 10.1. The SMILES string of the molecule is CC[C@H](Br)[C@@H]1C[C@@H](O)[C@@H](O)C[C@@H]2O[C@@H](C=C=CBr)C[C@@H]2O1. The van der Waals surface area contributed by atoms with Gasteiger partial charge in [-0.15, -0.1) is 5.73 Å². The lowest BCUT2D eigenvalue weighted by atomic mass is 9.94. The van der Waals surface area contributed by atoms with Crippen molar-refractivity contribution in [1.29, 1.82) is 0 Å². The Morgan fingerprint density at radius 2 is 1.86 bits per heavy atom. The second-order valence-corrected chi connectivity index (χ2v) is 7.27. The van der Waals surface area contributed by atoms with Crippen molar-refractivity contribution >= 4 is 31.9 Å². The molecule has 2 aliphatic heterocycles. The molecule has 0 aliphatic carbocycles. The minimum atomic E-state index is -0.775. The maximum absolute atomic E-state index is 10.1. The van der Waals surface area contributed by atoms with Crippen molar-refractivity contribution < 1.29 is 19.7 Å². The minimum absolute atomic E-state index is 0.0536. The number of aliphatic hydroxyl groups excluding tert-OH is 2. The summed E-state index contributed by atoms with van der Waals surface area (Å²) in [6, 6.07) is 0. The largest absolute Gasteiger partial charge is 0.390 e. The molecule has 7 atom stereocenters. The van der Waals surface area contributed by atoms with Crippen LogP contribution < -0.4 is 0 Å². The molecule has 2 aliphatic rings. The van der Waals surface area contributed by atoms with Crippen molar-refractivity contribution in [1.82, 2.24) is 0 Å². The van der Waals surface area contributed by atoms with Gasteiger partial charge in [0.1, 0.15) is 0 Å². The molecular formula is C15H22Br2O4. The summed E-state index contributed by atoms with van der Waals surface area (Å²) in [5.74, 6) is 0. The van der Waals surface area contributed by atoms with Crippen LogP contribution in [0.2, 0.25) is 0 Å². The highest BCUT2D eigenvalue weighted by atomic mass is 79.9. The molecule has 0 bridgehead atoms. The summed E-state index contributed by atoms with van der Waals surface area (Å²) in [6.07, 6.45) is 2.38. The van der Waals surface area contributed by atoms with Gasteiger partial charge in [0.05, 0.1) is 36.6 Å². The van der Waals surface area contributed by atoms with Gasteiger partial charge in [0.15, 0.2) is 0 Å². The molecule has 0 radical (unpaired) electrons. The van der Waals surface area contributed by atoms with Crippen molar-refractivity contribution in [3.05, 3.63) is 16.8 Å². The standard InChI is InChI=1S/C15H22Br2O4/c1-2-10(17)13-7-11(18)12(19)8-15-14(21-13)6-9(20-15)4-3-5-16/h4-5,9-15,18-19H,2,6-8H2,1H3/t3?,9-,10-,11+,12-,13-,14-,15-/m0/s1. The first-order valence-corrected chi connectivity index (χ1v) is 9.20. The summed E-state index contributed by atoms with van der Waals surface area (Å²) in [5, 5.41) is 20.2. The first-order valence-electron chi connectivity index (χ1n) is 7.37. The Balaban J connectivity index is 2.11. The second kappa shape index (κ2) is 8.25. The fraction of sp³-hybridized carbons (Fsp3) is 0.800. The zero-order valence-electron chi connectivity index (χ0n) is 12.0. The van der Waals surface area contributed by atoms with Crippen LogP contribution in [0.3, 0.4) is 0 Å². The zero-order chi connectivity index (χ0) is 15.4. The summed E-state index contributed by atoms with van der Waals surface area (Å²) in [4.78, 5) is 1.82. The molecule has 0 saturated carbocycles. The van der Waals surface area contributed by atoms with Crippen LogP contribution in [0, 0.1) is 0 Å². The summed E-state index contributed by atoms with van der Waals surface area (Å²) >= 11 is 6.79. The van der Waals surface area contributed by atoms with E-state index in [0.717, 1.165) is 12.8 Å². The van der Waals surface area contributed by atoms with Crippen LogP contribution in [0.5, 0.6) is 0 Å². The summed E-state index contributed by atoms with van der Waals surface area (Å²) in [6.45, 7) is 2.07. The van der Waals surface area contributed by atoms with Gasteiger partial charge in [-0.1, -0.05) is 38.8 Å². The quantitative estimate of drug-likeness (QED) is 0.539. The topological polar surface area (TPSA) is 58.9 Å². The van der Waals surface area contributed by atoms with E-state index in [1.54, 1.807) is 4.99 Å². The van der Waals surface area contributed by atoms with Crippen molar-refractivity contribution in [2.45, 2.75) is 74.1 Å². The van der Waals surface area contributed by atoms with Crippen LogP contribution in [0.25, 0.3) is 0 Å². The molecule has 21 heavy (non-hydrogen) atoms. The molecule has 2 fully saturated rings. The van der Waals surface area contributed by atoms with E-state index < -0.39 is 12.2 Å². The third kappa shape index (κ3) is 4.64. The fourth-order valence-electron chi connectivity index (χ4n) is 2.92. The van der Waals surface area contributed by atoms with Crippen molar-refractivity contribution in [2.24, 2.45) is 0 Å². The summed E-state index contributed by atoms with van der Waals surface area (Å²) in [7, 11) is 0. The molecule has 2 rings (SSSR count). The van der Waals surface area contributed by atoms with Gasteiger partial charge in [-0.25, -0.2) is 0 Å². The predicted octanol–water partition coefficient (Wildman–Crippen LogP) is 2.65. The first-order chi connectivity index (χ1) is 10.0. The average molecular weight is 426 g/mol. The van der Waals surface area contributed by atoms with E-state index in [4.69, 9.17) is 9.47 Å². The van der Waals surface area contributed by atoms with E-state index >= 15 is 0 Å². The highest BCUT2D eigenvalue weighted by Crippen LogP contribution is 2.34. The fourth-order valence-corrected chi connectivity index (χ4v) is 3.41. The Morgan fingerprint density at radius 1 is 1.19 bits per heavy atom. The number of halogens is 2. The molecule has 2 heterocycles. The molecule has 4 nitrogen and oxygen atoms in total. The molecule has 0 amide bonds. The average Bonchev–Trinajstić information content (AvgIpc) is 2.83. The number of ether oxygens (including phenoxy) is 2. The molecule has 120 valence electrons. The van der Waals surface area contributed by atoms with Crippen LogP contribution in [0.4, 0.5) is 0 Å². The van der Waals surface area contributed by atoms with Crippen molar-refractivity contribution in [3.63, 3.8) is 0 Å². The first kappa shape index (κ1) is 17.7. The normalized spacial score (nSPS) is 41.4. The van der Waals surface area contributed by atoms with E-state index in [-0.39, 0.29) is 29.2 Å². The number of rotatable bonds is 3. The van der Waals surface area contributed by atoms with E-state index in [0.29, 0.717) is 12.8 Å². The minimum Gasteiger partial charge on any atom is -0.390 e. The van der Waals surface area contributed by atoms with Gasteiger partial charge in [-0.05, 0) is 12.5 Å². The monoisotopic (exact) mass is 424 g/mol. The van der Waals surface area contributed by atoms with Gasteiger partial charge in [0.25, 0.3) is 0 Å². The molecule has 2 N–H and O–H groups in total. The zero-order valence-corrected chi connectivity index (χ0v) is 15.2. The molecule has 0 spiro atoms. The molecule has 2 saturated heterocycles. The van der Waals surface area contributed by atoms with Crippen molar-refractivity contribution in [3.8, 4) is 0 Å². The van der Waals surface area contributed by atoms with Gasteiger partial charge >= 0.3 is 0 Å². The molecular weight excluding hydrogens is 404 g/mol. The molecule has 0 unspecified atom stereocenters. The molecule has 0 aromatic rings. The Kier molecular flexibility index (Phi) is 6.94. The lowest BCUT2D eigenvalue weighted by Crippen LogP contribution is -2.44. The molecule has 0 aromatic carbocycles. The van der Waals surface area contributed by atoms with Gasteiger partial charge < -0.3 is 19.7 Å². The van der Waals surface area contributed by atoms with Crippen molar-refractivity contribution in [2.75, 3.05) is 0 Å². The number of fused-ring (bicyclic) bond motifs is 1. The number of hydrogen-bond donors (Lipinski definition) is 2.